The van der Waals surface area contributed by atoms with Gasteiger partial charge < -0.3 is 15.4 Å². The number of rotatable bonds is 8. The zero-order valence-electron chi connectivity index (χ0n) is 14.3. The molecule has 128 valence electrons. The molecular weight excluding hydrogens is 300 g/mol. The minimum atomic E-state index is 0.289. The Hall–Kier alpha value is -2.14. The van der Waals surface area contributed by atoms with E-state index in [1.54, 1.807) is 0 Å². The lowest BCUT2D eigenvalue weighted by molar-refractivity contribution is 0.120. The van der Waals surface area contributed by atoms with E-state index in [-0.39, 0.29) is 6.10 Å². The molecular formula is C19H26N4O. The largest absolute Gasteiger partial charge is 0.376 e. The number of benzene rings is 1. The monoisotopic (exact) mass is 326 g/mol. The second-order valence-electron chi connectivity index (χ2n) is 6.12. The summed E-state index contributed by atoms with van der Waals surface area (Å²) in [4.78, 5) is 9.26. The highest BCUT2D eigenvalue weighted by Gasteiger charge is 2.15. The predicted molar refractivity (Wildman–Crippen MR) is 98.3 cm³/mol. The Labute approximate surface area is 143 Å². The summed E-state index contributed by atoms with van der Waals surface area (Å²) in [7, 11) is 0. The Bertz CT molecular complexity index is 627. The third kappa shape index (κ3) is 4.68. The van der Waals surface area contributed by atoms with Gasteiger partial charge in [0, 0.05) is 31.3 Å². The Morgan fingerprint density at radius 2 is 2.04 bits per heavy atom. The topological polar surface area (TPSA) is 59.1 Å². The lowest BCUT2D eigenvalue weighted by atomic mass is 10.1. The zero-order chi connectivity index (χ0) is 16.6. The molecule has 0 spiro atoms. The summed E-state index contributed by atoms with van der Waals surface area (Å²) in [5.41, 5.74) is 2.03. The molecule has 5 nitrogen and oxygen atoms in total. The Morgan fingerprint density at radius 3 is 2.79 bits per heavy atom. The van der Waals surface area contributed by atoms with Crippen LogP contribution in [0.15, 0.2) is 36.4 Å². The fourth-order valence-electron chi connectivity index (χ4n) is 2.77. The number of anilines is 2. The van der Waals surface area contributed by atoms with Gasteiger partial charge in [0.1, 0.15) is 5.82 Å². The third-order valence-electron chi connectivity index (χ3n) is 4.14. The molecule has 1 aromatic carbocycles. The van der Waals surface area contributed by atoms with Crippen LogP contribution < -0.4 is 10.6 Å². The molecule has 0 saturated carbocycles. The molecule has 1 aromatic heterocycles. The molecule has 0 bridgehead atoms. The SMILES string of the molecule is CCCCNc1nc(NCC2CCCO2)cc(-c2ccccc2)n1. The number of aromatic nitrogens is 2. The van der Waals surface area contributed by atoms with Gasteiger partial charge >= 0.3 is 0 Å². The van der Waals surface area contributed by atoms with Gasteiger partial charge in [-0.25, -0.2) is 4.98 Å². The molecule has 1 atom stereocenters. The van der Waals surface area contributed by atoms with Crippen LogP contribution in [0.3, 0.4) is 0 Å². The highest BCUT2D eigenvalue weighted by Crippen LogP contribution is 2.22. The van der Waals surface area contributed by atoms with Crippen molar-refractivity contribution >= 4 is 11.8 Å². The second kappa shape index (κ2) is 8.64. The Balaban J connectivity index is 1.76. The number of unbranched alkanes of at least 4 members (excludes halogenated alkanes) is 1. The van der Waals surface area contributed by atoms with Crippen LogP contribution in [0.5, 0.6) is 0 Å². The first kappa shape index (κ1) is 16.7. The van der Waals surface area contributed by atoms with Crippen LogP contribution in [0.1, 0.15) is 32.6 Å². The van der Waals surface area contributed by atoms with Crippen molar-refractivity contribution < 1.29 is 4.74 Å². The first-order valence-electron chi connectivity index (χ1n) is 8.89. The number of hydrogen-bond acceptors (Lipinski definition) is 5. The first-order chi connectivity index (χ1) is 11.8. The van der Waals surface area contributed by atoms with E-state index in [9.17, 15) is 0 Å². The Morgan fingerprint density at radius 1 is 1.17 bits per heavy atom. The van der Waals surface area contributed by atoms with Gasteiger partial charge in [-0.05, 0) is 19.3 Å². The van der Waals surface area contributed by atoms with Crippen LogP contribution in [-0.4, -0.2) is 35.8 Å². The van der Waals surface area contributed by atoms with E-state index in [1.165, 1.54) is 0 Å². The summed E-state index contributed by atoms with van der Waals surface area (Å²) in [5, 5.41) is 6.74. The van der Waals surface area contributed by atoms with E-state index in [4.69, 9.17) is 4.74 Å². The molecule has 1 aliphatic heterocycles. The fraction of sp³-hybridized carbons (Fsp3) is 0.474. The molecule has 0 aliphatic carbocycles. The molecule has 1 saturated heterocycles. The molecule has 3 rings (SSSR count). The lowest BCUT2D eigenvalue weighted by Crippen LogP contribution is -2.19. The average Bonchev–Trinajstić information content (AvgIpc) is 3.14. The lowest BCUT2D eigenvalue weighted by Gasteiger charge is -2.14. The number of nitrogens with one attached hydrogen (secondary N) is 2. The quantitative estimate of drug-likeness (QED) is 0.719. The van der Waals surface area contributed by atoms with Crippen LogP contribution in [0.25, 0.3) is 11.3 Å². The molecule has 0 radical (unpaired) electrons. The van der Waals surface area contributed by atoms with Crippen molar-refractivity contribution in [1.29, 1.82) is 0 Å². The van der Waals surface area contributed by atoms with E-state index < -0.39 is 0 Å². The number of hydrogen-bond donors (Lipinski definition) is 2. The molecule has 1 unspecified atom stereocenters. The van der Waals surface area contributed by atoms with Crippen LogP contribution in [0.2, 0.25) is 0 Å². The van der Waals surface area contributed by atoms with Gasteiger partial charge in [-0.15, -0.1) is 0 Å². The standard InChI is InChI=1S/C19H26N4O/c1-2-3-11-20-19-22-17(15-8-5-4-6-9-15)13-18(23-19)21-14-16-10-7-12-24-16/h4-6,8-9,13,16H,2-3,7,10-12,14H2,1H3,(H2,20,21,22,23). The molecule has 24 heavy (non-hydrogen) atoms. The molecule has 2 N–H and O–H groups in total. The van der Waals surface area contributed by atoms with Crippen molar-refractivity contribution in [2.24, 2.45) is 0 Å². The first-order valence-corrected chi connectivity index (χ1v) is 8.89. The van der Waals surface area contributed by atoms with Crippen LogP contribution in [0, 0.1) is 0 Å². The van der Waals surface area contributed by atoms with Crippen molar-refractivity contribution in [3.05, 3.63) is 36.4 Å². The van der Waals surface area contributed by atoms with Crippen molar-refractivity contribution in [3.8, 4) is 11.3 Å². The second-order valence-corrected chi connectivity index (χ2v) is 6.12. The minimum Gasteiger partial charge on any atom is -0.376 e. The van der Waals surface area contributed by atoms with Gasteiger partial charge in [0.05, 0.1) is 11.8 Å². The summed E-state index contributed by atoms with van der Waals surface area (Å²) in [5.74, 6) is 1.53. The Kier molecular flexibility index (Phi) is 6.01. The van der Waals surface area contributed by atoms with Gasteiger partial charge in [-0.3, -0.25) is 0 Å². The van der Waals surface area contributed by atoms with Gasteiger partial charge in [0.2, 0.25) is 5.95 Å². The van der Waals surface area contributed by atoms with Crippen molar-refractivity contribution in [1.82, 2.24) is 9.97 Å². The van der Waals surface area contributed by atoms with Crippen molar-refractivity contribution in [2.75, 3.05) is 30.3 Å². The summed E-state index contributed by atoms with van der Waals surface area (Å²) < 4.78 is 5.68. The van der Waals surface area contributed by atoms with Gasteiger partial charge in [0.25, 0.3) is 0 Å². The highest BCUT2D eigenvalue weighted by molar-refractivity contribution is 5.64. The third-order valence-corrected chi connectivity index (χ3v) is 4.14. The summed E-state index contributed by atoms with van der Waals surface area (Å²) in [6, 6.07) is 12.2. The van der Waals surface area contributed by atoms with Crippen LogP contribution in [0.4, 0.5) is 11.8 Å². The molecule has 0 amide bonds. The number of ether oxygens (including phenoxy) is 1. The van der Waals surface area contributed by atoms with Crippen molar-refractivity contribution in [3.63, 3.8) is 0 Å². The normalized spacial score (nSPS) is 17.0. The highest BCUT2D eigenvalue weighted by atomic mass is 16.5. The molecule has 1 fully saturated rings. The van der Waals surface area contributed by atoms with Crippen LogP contribution >= 0.6 is 0 Å². The van der Waals surface area contributed by atoms with Gasteiger partial charge in [-0.1, -0.05) is 43.7 Å². The maximum atomic E-state index is 5.68. The molecule has 1 aliphatic rings. The maximum absolute atomic E-state index is 5.68. The summed E-state index contributed by atoms with van der Waals surface area (Å²) >= 11 is 0. The molecule has 2 heterocycles. The smallest absolute Gasteiger partial charge is 0.225 e. The predicted octanol–water partition coefficient (Wildman–Crippen LogP) is 3.95. The van der Waals surface area contributed by atoms with E-state index in [0.717, 1.165) is 62.5 Å². The summed E-state index contributed by atoms with van der Waals surface area (Å²) in [6.07, 6.45) is 4.81. The fourth-order valence-corrected chi connectivity index (χ4v) is 2.77. The molecule has 5 heteroatoms. The zero-order valence-corrected chi connectivity index (χ0v) is 14.3. The maximum Gasteiger partial charge on any atom is 0.225 e. The van der Waals surface area contributed by atoms with E-state index >= 15 is 0 Å². The minimum absolute atomic E-state index is 0.289. The number of nitrogens with zero attached hydrogens (tertiary/aromatic N) is 2. The van der Waals surface area contributed by atoms with Gasteiger partial charge in [0.15, 0.2) is 0 Å². The average molecular weight is 326 g/mol. The van der Waals surface area contributed by atoms with E-state index in [1.807, 2.05) is 24.3 Å². The van der Waals surface area contributed by atoms with E-state index in [2.05, 4.69) is 39.7 Å². The molecule has 2 aromatic rings. The van der Waals surface area contributed by atoms with Crippen LogP contribution in [-0.2, 0) is 4.74 Å². The van der Waals surface area contributed by atoms with E-state index in [0.29, 0.717) is 5.95 Å². The van der Waals surface area contributed by atoms with Crippen molar-refractivity contribution in [2.45, 2.75) is 38.7 Å². The van der Waals surface area contributed by atoms with Gasteiger partial charge in [-0.2, -0.15) is 4.98 Å². The summed E-state index contributed by atoms with van der Waals surface area (Å²) in [6.45, 7) is 4.73.